The molecule has 5 nitrogen and oxygen atoms in total. The van der Waals surface area contributed by atoms with Crippen LogP contribution in [0.4, 0.5) is 5.69 Å². The first kappa shape index (κ1) is 11.0. The van der Waals surface area contributed by atoms with E-state index in [0.717, 1.165) is 18.7 Å². The molecular weight excluding hydrogens is 242 g/mol. The van der Waals surface area contributed by atoms with Gasteiger partial charge in [-0.15, -0.1) is 0 Å². The predicted molar refractivity (Wildman–Crippen MR) is 71.9 cm³/mol. The molecule has 0 amide bonds. The Morgan fingerprint density at radius 2 is 2.16 bits per heavy atom. The maximum atomic E-state index is 11.3. The Bertz CT molecular complexity index is 586. The highest BCUT2D eigenvalue weighted by Crippen LogP contribution is 2.51. The predicted octanol–water partition coefficient (Wildman–Crippen LogP) is 1.30. The summed E-state index contributed by atoms with van der Waals surface area (Å²) in [6.07, 6.45) is 4.67. The molecule has 4 rings (SSSR count). The van der Waals surface area contributed by atoms with E-state index in [0.29, 0.717) is 0 Å². The zero-order chi connectivity index (χ0) is 13.0. The van der Waals surface area contributed by atoms with Gasteiger partial charge >= 0.3 is 0 Å². The molecule has 1 saturated heterocycles. The SMILES string of the molecule is O=[N+]([O-])C1C=CC2NCCC23c2ccccc2NC13. The van der Waals surface area contributed by atoms with Gasteiger partial charge in [0.2, 0.25) is 0 Å². The monoisotopic (exact) mass is 257 g/mol. The Morgan fingerprint density at radius 1 is 1.32 bits per heavy atom. The number of nitrogens with zero attached hydrogens (tertiary/aromatic N) is 1. The Kier molecular flexibility index (Phi) is 2.07. The van der Waals surface area contributed by atoms with Crippen LogP contribution in [-0.2, 0) is 5.41 Å². The van der Waals surface area contributed by atoms with Gasteiger partial charge < -0.3 is 10.6 Å². The van der Waals surface area contributed by atoms with E-state index in [-0.39, 0.29) is 22.4 Å². The van der Waals surface area contributed by atoms with Crippen LogP contribution in [0.2, 0.25) is 0 Å². The van der Waals surface area contributed by atoms with Crippen LogP contribution in [0.3, 0.4) is 0 Å². The van der Waals surface area contributed by atoms with Crippen LogP contribution in [0, 0.1) is 10.1 Å². The van der Waals surface area contributed by atoms with Crippen molar-refractivity contribution in [1.82, 2.24) is 5.32 Å². The average molecular weight is 257 g/mol. The van der Waals surface area contributed by atoms with Gasteiger partial charge in [-0.25, -0.2) is 0 Å². The first-order chi connectivity index (χ1) is 9.23. The molecule has 3 aliphatic rings. The van der Waals surface area contributed by atoms with Crippen molar-refractivity contribution in [3.63, 3.8) is 0 Å². The van der Waals surface area contributed by atoms with Gasteiger partial charge in [0.05, 0.1) is 0 Å². The second-order valence-corrected chi connectivity index (χ2v) is 5.55. The van der Waals surface area contributed by atoms with Gasteiger partial charge in [-0.3, -0.25) is 10.1 Å². The van der Waals surface area contributed by atoms with Gasteiger partial charge in [-0.1, -0.05) is 24.3 Å². The van der Waals surface area contributed by atoms with Crippen LogP contribution in [0.15, 0.2) is 36.4 Å². The van der Waals surface area contributed by atoms with Crippen LogP contribution in [-0.4, -0.2) is 29.6 Å². The normalized spacial score (nSPS) is 38.2. The second kappa shape index (κ2) is 3.57. The summed E-state index contributed by atoms with van der Waals surface area (Å²) >= 11 is 0. The lowest BCUT2D eigenvalue weighted by molar-refractivity contribution is -0.513. The maximum Gasteiger partial charge on any atom is 0.252 e. The molecule has 1 fully saturated rings. The van der Waals surface area contributed by atoms with E-state index in [9.17, 15) is 10.1 Å². The van der Waals surface area contributed by atoms with Gasteiger partial charge in [0, 0.05) is 22.1 Å². The van der Waals surface area contributed by atoms with Crippen molar-refractivity contribution < 1.29 is 4.92 Å². The topological polar surface area (TPSA) is 67.2 Å². The molecule has 2 heterocycles. The highest BCUT2D eigenvalue weighted by atomic mass is 16.6. The number of para-hydroxylation sites is 1. The standard InChI is InChI=1S/C14H15N3O2/c18-17(19)11-5-6-12-14(7-8-15-12)9-3-1-2-4-10(9)16-13(11)14/h1-6,11-13,15-16H,7-8H2. The minimum absolute atomic E-state index is 0.148. The minimum atomic E-state index is -0.649. The molecule has 1 aliphatic carbocycles. The lowest BCUT2D eigenvalue weighted by Crippen LogP contribution is -2.57. The Balaban J connectivity index is 1.92. The van der Waals surface area contributed by atoms with Gasteiger partial charge in [-0.05, 0) is 30.7 Å². The van der Waals surface area contributed by atoms with Crippen LogP contribution < -0.4 is 10.6 Å². The third kappa shape index (κ3) is 1.23. The summed E-state index contributed by atoms with van der Waals surface area (Å²) < 4.78 is 0. The summed E-state index contributed by atoms with van der Waals surface area (Å²) in [6, 6.07) is 7.53. The zero-order valence-corrected chi connectivity index (χ0v) is 10.4. The second-order valence-electron chi connectivity index (χ2n) is 5.55. The summed E-state index contributed by atoms with van der Waals surface area (Å²) in [4.78, 5) is 11.2. The number of benzene rings is 1. The van der Waals surface area contributed by atoms with E-state index in [2.05, 4.69) is 16.7 Å². The molecule has 4 atom stereocenters. The van der Waals surface area contributed by atoms with Crippen molar-refractivity contribution in [3.8, 4) is 0 Å². The molecular formula is C14H15N3O2. The molecule has 4 unspecified atom stereocenters. The van der Waals surface area contributed by atoms with Crippen molar-refractivity contribution in [2.75, 3.05) is 11.9 Å². The van der Waals surface area contributed by atoms with E-state index in [1.165, 1.54) is 5.56 Å². The molecule has 1 aromatic carbocycles. The van der Waals surface area contributed by atoms with Gasteiger partial charge in [0.1, 0.15) is 6.04 Å². The van der Waals surface area contributed by atoms with Crippen molar-refractivity contribution in [1.29, 1.82) is 0 Å². The van der Waals surface area contributed by atoms with Crippen molar-refractivity contribution in [2.45, 2.75) is 30.0 Å². The molecule has 1 spiro atoms. The highest BCUT2D eigenvalue weighted by Gasteiger charge is 2.60. The average Bonchev–Trinajstić information content (AvgIpc) is 2.97. The number of anilines is 1. The molecule has 2 aliphatic heterocycles. The Labute approximate surface area is 110 Å². The number of hydrogen-bond acceptors (Lipinski definition) is 4. The molecule has 5 heteroatoms. The van der Waals surface area contributed by atoms with Crippen molar-refractivity contribution in [3.05, 3.63) is 52.1 Å². The number of hydrogen-bond donors (Lipinski definition) is 2. The zero-order valence-electron chi connectivity index (χ0n) is 10.4. The molecule has 0 saturated carbocycles. The van der Waals surface area contributed by atoms with E-state index in [4.69, 9.17) is 0 Å². The molecule has 0 aromatic heterocycles. The summed E-state index contributed by atoms with van der Waals surface area (Å²) in [5.41, 5.74) is 2.12. The fourth-order valence-electron chi connectivity index (χ4n) is 4.06. The van der Waals surface area contributed by atoms with E-state index >= 15 is 0 Å². The van der Waals surface area contributed by atoms with Crippen LogP contribution in [0.1, 0.15) is 12.0 Å². The fourth-order valence-corrected chi connectivity index (χ4v) is 4.06. The van der Waals surface area contributed by atoms with E-state index in [1.54, 1.807) is 6.08 Å². The summed E-state index contributed by atoms with van der Waals surface area (Å²) in [5.74, 6) is 0. The maximum absolute atomic E-state index is 11.3. The molecule has 2 N–H and O–H groups in total. The van der Waals surface area contributed by atoms with Crippen LogP contribution in [0.5, 0.6) is 0 Å². The summed E-state index contributed by atoms with van der Waals surface area (Å²) in [6.45, 7) is 0.909. The largest absolute Gasteiger partial charge is 0.374 e. The van der Waals surface area contributed by atoms with Crippen LogP contribution in [0.25, 0.3) is 0 Å². The number of nitro groups is 1. The number of fused-ring (bicyclic) bond motifs is 1. The van der Waals surface area contributed by atoms with Crippen LogP contribution >= 0.6 is 0 Å². The molecule has 19 heavy (non-hydrogen) atoms. The first-order valence-electron chi connectivity index (χ1n) is 6.65. The molecule has 0 bridgehead atoms. The lowest BCUT2D eigenvalue weighted by Gasteiger charge is -2.38. The highest BCUT2D eigenvalue weighted by molar-refractivity contribution is 5.65. The Morgan fingerprint density at radius 3 is 3.00 bits per heavy atom. The van der Waals surface area contributed by atoms with Crippen molar-refractivity contribution in [2.24, 2.45) is 0 Å². The van der Waals surface area contributed by atoms with Crippen molar-refractivity contribution >= 4 is 5.69 Å². The molecule has 1 aromatic rings. The smallest absolute Gasteiger partial charge is 0.252 e. The quantitative estimate of drug-likeness (QED) is 0.452. The lowest BCUT2D eigenvalue weighted by atomic mass is 9.66. The van der Waals surface area contributed by atoms with Gasteiger partial charge in [0.15, 0.2) is 0 Å². The van der Waals surface area contributed by atoms with Gasteiger partial charge in [0.25, 0.3) is 6.04 Å². The molecule has 98 valence electrons. The molecule has 0 radical (unpaired) electrons. The summed E-state index contributed by atoms with van der Waals surface area (Å²) in [5, 5.41) is 18.2. The van der Waals surface area contributed by atoms with E-state index in [1.807, 2.05) is 24.3 Å². The third-order valence-electron chi connectivity index (χ3n) is 4.84. The number of rotatable bonds is 1. The Hall–Kier alpha value is -1.88. The summed E-state index contributed by atoms with van der Waals surface area (Å²) in [7, 11) is 0. The first-order valence-corrected chi connectivity index (χ1v) is 6.65. The van der Waals surface area contributed by atoms with E-state index < -0.39 is 6.04 Å². The van der Waals surface area contributed by atoms with Gasteiger partial charge in [-0.2, -0.15) is 0 Å². The minimum Gasteiger partial charge on any atom is -0.374 e. The fraction of sp³-hybridized carbons (Fsp3) is 0.429. The number of nitrogens with one attached hydrogen (secondary N) is 2. The third-order valence-corrected chi connectivity index (χ3v) is 4.84.